The topological polar surface area (TPSA) is 91.9 Å². The summed E-state index contributed by atoms with van der Waals surface area (Å²) in [4.78, 5) is 32.1. The van der Waals surface area contributed by atoms with Crippen molar-refractivity contribution in [1.29, 1.82) is 0 Å². The second-order valence-corrected chi connectivity index (χ2v) is 9.69. The molecule has 1 aromatic heterocycles. The molecule has 3 aromatic carbocycles. The number of ether oxygens (including phenoxy) is 2. The number of nitrogens with one attached hydrogen (secondary N) is 1. The van der Waals surface area contributed by atoms with Crippen LogP contribution in [0, 0.1) is 6.92 Å². The molecular formula is C31H30N2O5. The first-order valence-corrected chi connectivity index (χ1v) is 12.5. The van der Waals surface area contributed by atoms with E-state index in [2.05, 4.69) is 4.98 Å². The van der Waals surface area contributed by atoms with Gasteiger partial charge in [-0.15, -0.1) is 0 Å². The number of hydrogen-bond acceptors (Lipinski definition) is 5. The van der Waals surface area contributed by atoms with Crippen molar-refractivity contribution < 1.29 is 24.2 Å². The minimum absolute atomic E-state index is 0.0403. The Morgan fingerprint density at radius 2 is 1.68 bits per heavy atom. The number of para-hydroxylation sites is 1. The molecule has 0 aliphatic carbocycles. The standard InChI is InChI=1S/C31H30N2O5/c1-17(2)23-16-19(10-15-25(23)38-5)29(34)27-28(26-18(3)32-24-9-7-6-8-22(24)26)33(31(36)30(27)35)20-11-13-21(37-4)14-12-20/h6-17,28,32,34H,1-5H3/b29-27+. The molecule has 5 rings (SSSR count). The molecule has 2 heterocycles. The van der Waals surface area contributed by atoms with Gasteiger partial charge in [0.1, 0.15) is 17.3 Å². The van der Waals surface area contributed by atoms with Gasteiger partial charge in [0.25, 0.3) is 11.7 Å². The van der Waals surface area contributed by atoms with Crippen molar-refractivity contribution in [2.45, 2.75) is 32.7 Å². The van der Waals surface area contributed by atoms with Crippen LogP contribution in [0.2, 0.25) is 0 Å². The summed E-state index contributed by atoms with van der Waals surface area (Å²) < 4.78 is 10.8. The lowest BCUT2D eigenvalue weighted by atomic mass is 9.91. The molecule has 0 radical (unpaired) electrons. The van der Waals surface area contributed by atoms with Gasteiger partial charge < -0.3 is 19.6 Å². The molecule has 1 unspecified atom stereocenters. The molecule has 1 atom stereocenters. The predicted molar refractivity (Wildman–Crippen MR) is 148 cm³/mol. The minimum atomic E-state index is -0.843. The van der Waals surface area contributed by atoms with Crippen LogP contribution < -0.4 is 14.4 Å². The fourth-order valence-corrected chi connectivity index (χ4v) is 5.25. The Kier molecular flexibility index (Phi) is 6.45. The fraction of sp³-hybridized carbons (Fsp3) is 0.226. The normalized spacial score (nSPS) is 17.0. The Labute approximate surface area is 221 Å². The van der Waals surface area contributed by atoms with Crippen LogP contribution in [0.1, 0.15) is 48.2 Å². The van der Waals surface area contributed by atoms with Crippen molar-refractivity contribution >= 4 is 34.0 Å². The summed E-state index contributed by atoms with van der Waals surface area (Å²) in [6.07, 6.45) is 0. The molecule has 1 amide bonds. The van der Waals surface area contributed by atoms with Crippen LogP contribution in [0.4, 0.5) is 5.69 Å². The molecular weight excluding hydrogens is 480 g/mol. The van der Waals surface area contributed by atoms with Crippen molar-refractivity contribution in [2.75, 3.05) is 19.1 Å². The molecule has 4 aromatic rings. The Balaban J connectivity index is 1.78. The van der Waals surface area contributed by atoms with E-state index in [9.17, 15) is 14.7 Å². The largest absolute Gasteiger partial charge is 0.507 e. The number of rotatable bonds is 6. The molecule has 1 aliphatic rings. The third kappa shape index (κ3) is 4.00. The quantitative estimate of drug-likeness (QED) is 0.182. The molecule has 0 saturated carbocycles. The van der Waals surface area contributed by atoms with Crippen molar-refractivity contribution in [1.82, 2.24) is 4.98 Å². The number of anilines is 1. The van der Waals surface area contributed by atoms with Crippen LogP contribution >= 0.6 is 0 Å². The number of aromatic amines is 1. The minimum Gasteiger partial charge on any atom is -0.507 e. The predicted octanol–water partition coefficient (Wildman–Crippen LogP) is 6.24. The number of aryl methyl sites for hydroxylation is 1. The summed E-state index contributed by atoms with van der Waals surface area (Å²) >= 11 is 0. The van der Waals surface area contributed by atoms with E-state index in [0.717, 1.165) is 27.7 Å². The number of benzene rings is 3. The molecule has 194 valence electrons. The molecule has 1 saturated heterocycles. The van der Waals surface area contributed by atoms with Crippen LogP contribution in [-0.2, 0) is 9.59 Å². The summed E-state index contributed by atoms with van der Waals surface area (Å²) in [5.41, 5.74) is 4.35. The average Bonchev–Trinajstić information content (AvgIpc) is 3.39. The highest BCUT2D eigenvalue weighted by Gasteiger charge is 2.48. The van der Waals surface area contributed by atoms with Crippen LogP contribution in [0.5, 0.6) is 11.5 Å². The van der Waals surface area contributed by atoms with Crippen molar-refractivity contribution in [3.8, 4) is 11.5 Å². The fourth-order valence-electron chi connectivity index (χ4n) is 5.25. The second kappa shape index (κ2) is 9.74. The third-order valence-electron chi connectivity index (χ3n) is 7.14. The van der Waals surface area contributed by atoms with E-state index < -0.39 is 17.7 Å². The second-order valence-electron chi connectivity index (χ2n) is 9.69. The lowest BCUT2D eigenvalue weighted by molar-refractivity contribution is -0.132. The van der Waals surface area contributed by atoms with Gasteiger partial charge in [-0.05, 0) is 66.9 Å². The van der Waals surface area contributed by atoms with E-state index in [1.54, 1.807) is 50.6 Å². The number of aromatic nitrogens is 1. The molecule has 2 N–H and O–H groups in total. The van der Waals surface area contributed by atoms with Gasteiger partial charge in [-0.25, -0.2) is 0 Å². The van der Waals surface area contributed by atoms with E-state index in [1.807, 2.05) is 51.1 Å². The number of ketones is 1. The highest BCUT2D eigenvalue weighted by molar-refractivity contribution is 6.52. The highest BCUT2D eigenvalue weighted by Crippen LogP contribution is 2.46. The van der Waals surface area contributed by atoms with Gasteiger partial charge in [-0.3, -0.25) is 14.5 Å². The number of carbonyl (C=O) groups excluding carboxylic acids is 2. The van der Waals surface area contributed by atoms with Crippen LogP contribution in [0.25, 0.3) is 16.7 Å². The first-order valence-electron chi connectivity index (χ1n) is 12.5. The zero-order chi connectivity index (χ0) is 27.1. The summed E-state index contributed by atoms with van der Waals surface area (Å²) in [5.74, 6) is -0.229. The maximum atomic E-state index is 13.7. The van der Waals surface area contributed by atoms with Gasteiger partial charge in [0.05, 0.1) is 25.8 Å². The van der Waals surface area contributed by atoms with Crippen molar-refractivity contribution in [2.24, 2.45) is 0 Å². The number of amides is 1. The molecule has 7 heteroatoms. The molecule has 0 spiro atoms. The number of hydrogen-bond donors (Lipinski definition) is 2. The molecule has 1 fully saturated rings. The molecule has 0 bridgehead atoms. The van der Waals surface area contributed by atoms with Crippen molar-refractivity contribution in [3.63, 3.8) is 0 Å². The number of H-pyrrole nitrogens is 1. The number of aliphatic hydroxyl groups excluding tert-OH is 1. The van der Waals surface area contributed by atoms with Gasteiger partial charge in [0.2, 0.25) is 0 Å². The van der Waals surface area contributed by atoms with Gasteiger partial charge in [0.15, 0.2) is 0 Å². The Morgan fingerprint density at radius 3 is 2.34 bits per heavy atom. The third-order valence-corrected chi connectivity index (χ3v) is 7.14. The number of carbonyl (C=O) groups is 2. The van der Waals surface area contributed by atoms with E-state index in [4.69, 9.17) is 9.47 Å². The number of Topliss-reactive ketones (excluding diaryl/α,β-unsaturated/α-hetero) is 1. The van der Waals surface area contributed by atoms with Crippen LogP contribution in [-0.4, -0.2) is 36.0 Å². The summed E-state index contributed by atoms with van der Waals surface area (Å²) in [5, 5.41) is 12.5. The first kappa shape index (κ1) is 25.1. The monoisotopic (exact) mass is 510 g/mol. The van der Waals surface area contributed by atoms with Crippen LogP contribution in [0.3, 0.4) is 0 Å². The maximum absolute atomic E-state index is 13.7. The van der Waals surface area contributed by atoms with Gasteiger partial charge >= 0.3 is 0 Å². The number of nitrogens with zero attached hydrogens (tertiary/aromatic N) is 1. The number of fused-ring (bicyclic) bond motifs is 1. The zero-order valence-corrected chi connectivity index (χ0v) is 22.0. The van der Waals surface area contributed by atoms with Gasteiger partial charge in [0, 0.05) is 33.4 Å². The summed E-state index contributed by atoms with van der Waals surface area (Å²) in [7, 11) is 3.16. The lowest BCUT2D eigenvalue weighted by Gasteiger charge is -2.26. The molecule has 38 heavy (non-hydrogen) atoms. The average molecular weight is 511 g/mol. The molecule has 1 aliphatic heterocycles. The first-order chi connectivity index (χ1) is 18.3. The van der Waals surface area contributed by atoms with E-state index in [-0.39, 0.29) is 17.3 Å². The van der Waals surface area contributed by atoms with E-state index in [0.29, 0.717) is 22.7 Å². The smallest absolute Gasteiger partial charge is 0.300 e. The maximum Gasteiger partial charge on any atom is 0.300 e. The Hall–Kier alpha value is -4.52. The van der Waals surface area contributed by atoms with Gasteiger partial charge in [-0.1, -0.05) is 32.0 Å². The lowest BCUT2D eigenvalue weighted by Crippen LogP contribution is -2.29. The zero-order valence-electron chi connectivity index (χ0n) is 22.0. The van der Waals surface area contributed by atoms with E-state index in [1.165, 1.54) is 4.90 Å². The summed E-state index contributed by atoms with van der Waals surface area (Å²) in [6.45, 7) is 5.97. The van der Waals surface area contributed by atoms with E-state index >= 15 is 0 Å². The SMILES string of the molecule is COc1ccc(N2C(=O)C(=O)/C(=C(/O)c3ccc(OC)c(C(C)C)c3)C2c2c(C)[nH]c3ccccc23)cc1. The molecule has 7 nitrogen and oxygen atoms in total. The Morgan fingerprint density at radius 1 is 0.974 bits per heavy atom. The number of aliphatic hydroxyl groups is 1. The number of methoxy groups -OCH3 is 2. The van der Waals surface area contributed by atoms with Crippen molar-refractivity contribution in [3.05, 3.63) is 94.7 Å². The highest BCUT2D eigenvalue weighted by atomic mass is 16.5. The van der Waals surface area contributed by atoms with Gasteiger partial charge in [-0.2, -0.15) is 0 Å². The Bertz CT molecular complexity index is 1580. The summed E-state index contributed by atoms with van der Waals surface area (Å²) in [6, 6.07) is 19.2. The van der Waals surface area contributed by atoms with Crippen LogP contribution in [0.15, 0.2) is 72.3 Å².